The second kappa shape index (κ2) is 8.01. The molecule has 1 aromatic carbocycles. The van der Waals surface area contributed by atoms with Gasteiger partial charge in [-0.1, -0.05) is 37.2 Å². The van der Waals surface area contributed by atoms with Crippen LogP contribution in [0.1, 0.15) is 27.2 Å². The molecule has 0 radical (unpaired) electrons. The van der Waals surface area contributed by atoms with E-state index in [0.29, 0.717) is 16.9 Å². The predicted molar refractivity (Wildman–Crippen MR) is 106 cm³/mol. The van der Waals surface area contributed by atoms with Crippen molar-refractivity contribution >= 4 is 29.3 Å². The molecule has 140 valence electrons. The first-order chi connectivity index (χ1) is 12.3. The molecule has 0 aliphatic carbocycles. The summed E-state index contributed by atoms with van der Waals surface area (Å²) < 4.78 is 1.93. The summed E-state index contributed by atoms with van der Waals surface area (Å²) in [6.45, 7) is 8.09. The van der Waals surface area contributed by atoms with E-state index < -0.39 is 0 Å². The van der Waals surface area contributed by atoms with E-state index in [2.05, 4.69) is 24.0 Å². The summed E-state index contributed by atoms with van der Waals surface area (Å²) >= 11 is 7.42. The number of thioether (sulfide) groups is 1. The maximum absolute atomic E-state index is 12.9. The molecule has 3 unspecified atom stereocenters. The molecule has 0 spiro atoms. The average molecular weight is 393 g/mol. The molecule has 0 saturated carbocycles. The minimum atomic E-state index is -0.187. The first-order valence-electron chi connectivity index (χ1n) is 8.96. The first kappa shape index (κ1) is 19.2. The third-order valence-electron chi connectivity index (χ3n) is 4.75. The second-order valence-electron chi connectivity index (χ2n) is 7.32. The number of halogens is 1. The molecule has 7 heteroatoms. The van der Waals surface area contributed by atoms with Crippen LogP contribution in [0.25, 0.3) is 11.4 Å². The molecule has 1 fully saturated rings. The number of hydrogen-bond donors (Lipinski definition) is 0. The molecule has 1 aliphatic rings. The Morgan fingerprint density at radius 1 is 1.19 bits per heavy atom. The summed E-state index contributed by atoms with van der Waals surface area (Å²) in [6.07, 6.45) is 1.19. The Labute approximate surface area is 164 Å². The minimum Gasteiger partial charge on any atom is -0.341 e. The van der Waals surface area contributed by atoms with Crippen molar-refractivity contribution in [3.63, 3.8) is 0 Å². The summed E-state index contributed by atoms with van der Waals surface area (Å²) in [4.78, 5) is 14.9. The van der Waals surface area contributed by atoms with Gasteiger partial charge in [0.25, 0.3) is 0 Å². The fraction of sp³-hybridized carbons (Fsp3) is 0.526. The van der Waals surface area contributed by atoms with Crippen LogP contribution in [-0.4, -0.2) is 43.9 Å². The molecule has 1 saturated heterocycles. The third-order valence-corrected chi connectivity index (χ3v) is 6.12. The van der Waals surface area contributed by atoms with E-state index in [0.717, 1.165) is 29.6 Å². The highest BCUT2D eigenvalue weighted by Crippen LogP contribution is 2.29. The van der Waals surface area contributed by atoms with Crippen LogP contribution in [0.4, 0.5) is 0 Å². The van der Waals surface area contributed by atoms with Crippen molar-refractivity contribution in [2.45, 2.75) is 37.6 Å². The lowest BCUT2D eigenvalue weighted by atomic mass is 9.92. The molecule has 1 aliphatic heterocycles. The Hall–Kier alpha value is -1.53. The van der Waals surface area contributed by atoms with Gasteiger partial charge in [-0.3, -0.25) is 4.79 Å². The summed E-state index contributed by atoms with van der Waals surface area (Å²) in [7, 11) is 1.93. The Balaban J connectivity index is 1.70. The molecule has 2 heterocycles. The molecular weight excluding hydrogens is 368 g/mol. The standard InChI is InChI=1S/C19H25ClN4OS/c1-12-9-13(2)11-24(10-12)18(25)14(3)26-19-22-21-17(23(19)4)15-5-7-16(20)8-6-15/h5-8,12-14H,9-11H2,1-4H3. The Bertz CT molecular complexity index is 766. The predicted octanol–water partition coefficient (Wildman–Crippen LogP) is 4.12. The van der Waals surface area contributed by atoms with E-state index in [-0.39, 0.29) is 11.2 Å². The van der Waals surface area contributed by atoms with Gasteiger partial charge in [0.15, 0.2) is 11.0 Å². The van der Waals surface area contributed by atoms with E-state index in [9.17, 15) is 4.79 Å². The maximum Gasteiger partial charge on any atom is 0.235 e. The number of piperidine rings is 1. The molecule has 3 atom stereocenters. The van der Waals surface area contributed by atoms with Gasteiger partial charge in [-0.15, -0.1) is 10.2 Å². The van der Waals surface area contributed by atoms with Gasteiger partial charge in [0, 0.05) is 30.7 Å². The lowest BCUT2D eigenvalue weighted by Gasteiger charge is -2.36. The minimum absolute atomic E-state index is 0.185. The van der Waals surface area contributed by atoms with E-state index in [4.69, 9.17) is 11.6 Å². The molecule has 3 rings (SSSR count). The highest BCUT2D eigenvalue weighted by atomic mass is 35.5. The number of carbonyl (C=O) groups excluding carboxylic acids is 1. The van der Waals surface area contributed by atoms with Gasteiger partial charge in [0.1, 0.15) is 0 Å². The van der Waals surface area contributed by atoms with Crippen molar-refractivity contribution in [1.82, 2.24) is 19.7 Å². The Morgan fingerprint density at radius 3 is 2.42 bits per heavy atom. The molecule has 1 aromatic heterocycles. The summed E-state index contributed by atoms with van der Waals surface area (Å²) in [6, 6.07) is 7.52. The van der Waals surface area contributed by atoms with Gasteiger partial charge in [-0.25, -0.2) is 0 Å². The summed E-state index contributed by atoms with van der Waals surface area (Å²) in [5, 5.41) is 9.82. The number of rotatable bonds is 4. The summed E-state index contributed by atoms with van der Waals surface area (Å²) in [5.41, 5.74) is 0.953. The summed E-state index contributed by atoms with van der Waals surface area (Å²) in [5.74, 6) is 2.07. The smallest absolute Gasteiger partial charge is 0.235 e. The lowest BCUT2D eigenvalue weighted by Crippen LogP contribution is -2.45. The number of benzene rings is 1. The van der Waals surface area contributed by atoms with Crippen LogP contribution in [0.5, 0.6) is 0 Å². The van der Waals surface area contributed by atoms with Crippen LogP contribution < -0.4 is 0 Å². The van der Waals surface area contributed by atoms with Crippen LogP contribution in [0.2, 0.25) is 5.02 Å². The van der Waals surface area contributed by atoms with Gasteiger partial charge in [0.05, 0.1) is 5.25 Å². The van der Waals surface area contributed by atoms with E-state index >= 15 is 0 Å². The van der Waals surface area contributed by atoms with Crippen LogP contribution in [0.15, 0.2) is 29.4 Å². The van der Waals surface area contributed by atoms with Crippen LogP contribution in [0.3, 0.4) is 0 Å². The fourth-order valence-electron chi connectivity index (χ4n) is 3.58. The quantitative estimate of drug-likeness (QED) is 0.734. The van der Waals surface area contributed by atoms with Crippen LogP contribution >= 0.6 is 23.4 Å². The topological polar surface area (TPSA) is 51.0 Å². The molecular formula is C19H25ClN4OS. The SMILES string of the molecule is CC1CC(C)CN(C(=O)C(C)Sc2nnc(-c3ccc(Cl)cc3)n2C)C1. The third kappa shape index (κ3) is 4.23. The fourth-order valence-corrected chi connectivity index (χ4v) is 4.60. The van der Waals surface area contributed by atoms with Crippen molar-refractivity contribution in [3.8, 4) is 11.4 Å². The Kier molecular flexibility index (Phi) is 5.92. The maximum atomic E-state index is 12.9. The lowest BCUT2D eigenvalue weighted by molar-refractivity contribution is -0.132. The van der Waals surface area contributed by atoms with Crippen molar-refractivity contribution < 1.29 is 4.79 Å². The van der Waals surface area contributed by atoms with Crippen molar-refractivity contribution in [2.24, 2.45) is 18.9 Å². The number of amides is 1. The number of hydrogen-bond acceptors (Lipinski definition) is 4. The highest BCUT2D eigenvalue weighted by Gasteiger charge is 2.29. The van der Waals surface area contributed by atoms with Gasteiger partial charge in [0.2, 0.25) is 5.91 Å². The zero-order valence-electron chi connectivity index (χ0n) is 15.6. The highest BCUT2D eigenvalue weighted by molar-refractivity contribution is 8.00. The Morgan fingerprint density at radius 2 is 1.81 bits per heavy atom. The first-order valence-corrected chi connectivity index (χ1v) is 10.2. The largest absolute Gasteiger partial charge is 0.341 e. The molecule has 0 N–H and O–H groups in total. The number of nitrogens with zero attached hydrogens (tertiary/aromatic N) is 4. The number of likely N-dealkylation sites (tertiary alicyclic amines) is 1. The van der Waals surface area contributed by atoms with Crippen molar-refractivity contribution in [2.75, 3.05) is 13.1 Å². The molecule has 26 heavy (non-hydrogen) atoms. The number of carbonyl (C=O) groups is 1. The normalized spacial score (nSPS) is 21.7. The molecule has 2 aromatic rings. The van der Waals surface area contributed by atoms with E-state index in [1.165, 1.54) is 18.2 Å². The van der Waals surface area contributed by atoms with Crippen LogP contribution in [0, 0.1) is 11.8 Å². The van der Waals surface area contributed by atoms with Crippen LogP contribution in [-0.2, 0) is 11.8 Å². The molecule has 0 bridgehead atoms. The molecule has 1 amide bonds. The van der Waals surface area contributed by atoms with Crippen molar-refractivity contribution in [3.05, 3.63) is 29.3 Å². The van der Waals surface area contributed by atoms with Gasteiger partial charge < -0.3 is 9.47 Å². The zero-order valence-corrected chi connectivity index (χ0v) is 17.2. The van der Waals surface area contributed by atoms with Gasteiger partial charge >= 0.3 is 0 Å². The number of aromatic nitrogens is 3. The van der Waals surface area contributed by atoms with Gasteiger partial charge in [-0.05, 0) is 49.4 Å². The zero-order chi connectivity index (χ0) is 18.8. The molecule has 5 nitrogen and oxygen atoms in total. The monoisotopic (exact) mass is 392 g/mol. The van der Waals surface area contributed by atoms with E-state index in [1.54, 1.807) is 0 Å². The van der Waals surface area contributed by atoms with Gasteiger partial charge in [-0.2, -0.15) is 0 Å². The second-order valence-corrected chi connectivity index (χ2v) is 9.07. The van der Waals surface area contributed by atoms with E-state index in [1.807, 2.05) is 47.7 Å². The average Bonchev–Trinajstić information content (AvgIpc) is 2.95. The van der Waals surface area contributed by atoms with Crippen molar-refractivity contribution in [1.29, 1.82) is 0 Å².